The lowest BCUT2D eigenvalue weighted by Crippen LogP contribution is -2.35. The molecule has 0 aromatic heterocycles. The predicted octanol–water partition coefficient (Wildman–Crippen LogP) is 3.80. The van der Waals surface area contributed by atoms with Gasteiger partial charge in [-0.25, -0.2) is 0 Å². The fourth-order valence-electron chi connectivity index (χ4n) is 3.47. The van der Waals surface area contributed by atoms with Crippen molar-refractivity contribution < 1.29 is 0 Å². The zero-order valence-corrected chi connectivity index (χ0v) is 9.83. The quantitative estimate of drug-likeness (QED) is 0.502. The molecule has 0 unspecified atom stereocenters. The fourth-order valence-corrected chi connectivity index (χ4v) is 6.23. The first-order valence-electron chi connectivity index (χ1n) is 5.12. The lowest BCUT2D eigenvalue weighted by molar-refractivity contribution is 0.321. The smallest absolute Gasteiger partial charge is 0.0168 e. The van der Waals surface area contributed by atoms with E-state index in [1.54, 1.807) is 0 Å². The Morgan fingerprint density at radius 3 is 1.58 bits per heavy atom. The minimum atomic E-state index is 0.637. The molecule has 2 rings (SSSR count). The highest BCUT2D eigenvalue weighted by molar-refractivity contribution is 7.41. The van der Waals surface area contributed by atoms with Crippen molar-refractivity contribution in [2.24, 2.45) is 5.41 Å². The Morgan fingerprint density at radius 2 is 1.25 bits per heavy atom. The van der Waals surface area contributed by atoms with Gasteiger partial charge in [-0.05, 0) is 41.4 Å². The van der Waals surface area contributed by atoms with Gasteiger partial charge in [0.2, 0.25) is 0 Å². The molecule has 2 fully saturated rings. The van der Waals surface area contributed by atoms with Crippen LogP contribution in [-0.4, -0.2) is 10.3 Å². The Bertz CT molecular complexity index is 168. The summed E-state index contributed by atoms with van der Waals surface area (Å²) in [6.07, 6.45) is 6.04. The molecule has 1 aliphatic heterocycles. The second-order valence-corrected chi connectivity index (χ2v) is 9.20. The summed E-state index contributed by atoms with van der Waals surface area (Å²) in [4.78, 5) is 0. The van der Waals surface area contributed by atoms with Crippen molar-refractivity contribution in [3.63, 3.8) is 0 Å². The molecule has 0 N–H and O–H groups in total. The third kappa shape index (κ3) is 1.69. The SMILES string of the molecule is CC1(C)CC2(CC2)CC(C)(C)P1. The van der Waals surface area contributed by atoms with Crippen molar-refractivity contribution in [2.45, 2.75) is 63.7 Å². The zero-order chi connectivity index (χ0) is 9.04. The van der Waals surface area contributed by atoms with Crippen molar-refractivity contribution in [3.8, 4) is 0 Å². The molecule has 2 aliphatic rings. The Balaban J connectivity index is 2.17. The second-order valence-electron chi connectivity index (χ2n) is 6.25. The number of rotatable bonds is 0. The minimum absolute atomic E-state index is 0.637. The zero-order valence-electron chi connectivity index (χ0n) is 8.83. The van der Waals surface area contributed by atoms with E-state index >= 15 is 0 Å². The van der Waals surface area contributed by atoms with E-state index in [4.69, 9.17) is 0 Å². The predicted molar refractivity (Wildman–Crippen MR) is 57.4 cm³/mol. The van der Waals surface area contributed by atoms with E-state index in [-0.39, 0.29) is 0 Å². The third-order valence-electron chi connectivity index (χ3n) is 3.27. The largest absolute Gasteiger partial charge is 0.110 e. The molecule has 0 nitrogen and oxygen atoms in total. The molecule has 0 aromatic carbocycles. The van der Waals surface area contributed by atoms with Crippen molar-refractivity contribution in [1.82, 2.24) is 0 Å². The lowest BCUT2D eigenvalue weighted by Gasteiger charge is -2.45. The summed E-state index contributed by atoms with van der Waals surface area (Å²) in [6, 6.07) is 0. The summed E-state index contributed by atoms with van der Waals surface area (Å²) in [5, 5.41) is 1.27. The number of hydrogen-bond donors (Lipinski definition) is 0. The van der Waals surface area contributed by atoms with Crippen molar-refractivity contribution in [1.29, 1.82) is 0 Å². The normalized spacial score (nSPS) is 35.0. The summed E-state index contributed by atoms with van der Waals surface area (Å²) in [6.45, 7) is 9.86. The molecule has 1 aliphatic carbocycles. The van der Waals surface area contributed by atoms with Gasteiger partial charge in [0.25, 0.3) is 0 Å². The molecule has 0 aromatic rings. The van der Waals surface area contributed by atoms with Crippen LogP contribution in [0.4, 0.5) is 0 Å². The molecule has 1 saturated carbocycles. The molecule has 1 heterocycles. The van der Waals surface area contributed by atoms with Crippen LogP contribution in [0.25, 0.3) is 0 Å². The number of hydrogen-bond acceptors (Lipinski definition) is 0. The molecule has 1 heteroatoms. The molecule has 70 valence electrons. The van der Waals surface area contributed by atoms with E-state index in [2.05, 4.69) is 27.7 Å². The summed E-state index contributed by atoms with van der Waals surface area (Å²) in [7, 11) is 1.16. The average Bonchev–Trinajstić information content (AvgIpc) is 2.37. The van der Waals surface area contributed by atoms with Gasteiger partial charge in [-0.15, -0.1) is 8.58 Å². The van der Waals surface area contributed by atoms with Crippen LogP contribution in [-0.2, 0) is 0 Å². The van der Waals surface area contributed by atoms with Crippen molar-refractivity contribution >= 4 is 8.58 Å². The van der Waals surface area contributed by atoms with Gasteiger partial charge >= 0.3 is 0 Å². The minimum Gasteiger partial charge on any atom is -0.110 e. The molecule has 12 heavy (non-hydrogen) atoms. The van der Waals surface area contributed by atoms with E-state index in [0.717, 1.165) is 14.0 Å². The molecule has 0 atom stereocenters. The van der Waals surface area contributed by atoms with Gasteiger partial charge in [-0.2, -0.15) is 0 Å². The molecule has 1 spiro atoms. The maximum atomic E-state index is 2.46. The Kier molecular flexibility index (Phi) is 1.70. The summed E-state index contributed by atoms with van der Waals surface area (Å²) in [5.41, 5.74) is 0.804. The molecule has 0 radical (unpaired) electrons. The van der Waals surface area contributed by atoms with Gasteiger partial charge in [0, 0.05) is 0 Å². The van der Waals surface area contributed by atoms with Crippen molar-refractivity contribution in [2.75, 3.05) is 0 Å². The van der Waals surface area contributed by atoms with Gasteiger partial charge in [-0.1, -0.05) is 27.7 Å². The molecule has 1 saturated heterocycles. The highest BCUT2D eigenvalue weighted by Gasteiger charge is 2.53. The van der Waals surface area contributed by atoms with Gasteiger partial charge in [0.15, 0.2) is 0 Å². The van der Waals surface area contributed by atoms with Gasteiger partial charge < -0.3 is 0 Å². The van der Waals surface area contributed by atoms with Gasteiger partial charge in [0.05, 0.1) is 0 Å². The van der Waals surface area contributed by atoms with Gasteiger partial charge in [0.1, 0.15) is 0 Å². The van der Waals surface area contributed by atoms with Crippen LogP contribution in [0.3, 0.4) is 0 Å². The lowest BCUT2D eigenvalue weighted by atomic mass is 9.84. The van der Waals surface area contributed by atoms with Crippen LogP contribution < -0.4 is 0 Å². The molecule has 0 bridgehead atoms. The summed E-state index contributed by atoms with van der Waals surface area (Å²) < 4.78 is 0. The topological polar surface area (TPSA) is 0 Å². The second kappa shape index (κ2) is 2.27. The Hall–Kier alpha value is 0.430. The maximum absolute atomic E-state index is 2.46. The fraction of sp³-hybridized carbons (Fsp3) is 1.00. The Labute approximate surface area is 78.3 Å². The Morgan fingerprint density at radius 1 is 0.833 bits per heavy atom. The van der Waals surface area contributed by atoms with Crippen LogP contribution in [0.1, 0.15) is 53.4 Å². The van der Waals surface area contributed by atoms with Crippen LogP contribution in [0.5, 0.6) is 0 Å². The standard InChI is InChI=1S/C11H21P/c1-9(2)7-11(5-6-11)8-10(3,4)12-9/h12H,5-8H2,1-4H3. The van der Waals surface area contributed by atoms with E-state index in [9.17, 15) is 0 Å². The molecule has 0 amide bonds. The van der Waals surface area contributed by atoms with Gasteiger partial charge in [-0.3, -0.25) is 0 Å². The summed E-state index contributed by atoms with van der Waals surface area (Å²) in [5.74, 6) is 0. The van der Waals surface area contributed by atoms with Crippen LogP contribution in [0, 0.1) is 5.41 Å². The monoisotopic (exact) mass is 184 g/mol. The highest BCUT2D eigenvalue weighted by Crippen LogP contribution is 2.67. The van der Waals surface area contributed by atoms with Crippen molar-refractivity contribution in [3.05, 3.63) is 0 Å². The molecular formula is C11H21P. The highest BCUT2D eigenvalue weighted by atomic mass is 31.1. The van der Waals surface area contributed by atoms with E-state index in [1.165, 1.54) is 25.7 Å². The average molecular weight is 184 g/mol. The molecular weight excluding hydrogens is 163 g/mol. The first-order chi connectivity index (χ1) is 5.33. The first kappa shape index (κ1) is 9.00. The summed E-state index contributed by atoms with van der Waals surface area (Å²) >= 11 is 0. The van der Waals surface area contributed by atoms with E-state index < -0.39 is 0 Å². The van der Waals surface area contributed by atoms with E-state index in [0.29, 0.717) is 10.3 Å². The van der Waals surface area contributed by atoms with E-state index in [1.807, 2.05) is 0 Å². The van der Waals surface area contributed by atoms with Crippen LogP contribution in [0.15, 0.2) is 0 Å². The first-order valence-corrected chi connectivity index (χ1v) is 6.12. The van der Waals surface area contributed by atoms with Crippen LogP contribution >= 0.6 is 8.58 Å². The third-order valence-corrected chi connectivity index (χ3v) is 4.97. The van der Waals surface area contributed by atoms with Crippen LogP contribution in [0.2, 0.25) is 0 Å². The maximum Gasteiger partial charge on any atom is -0.0168 e.